The first-order valence-electron chi connectivity index (χ1n) is 5.60. The van der Waals surface area contributed by atoms with Gasteiger partial charge in [0.1, 0.15) is 12.2 Å². The van der Waals surface area contributed by atoms with Crippen molar-refractivity contribution in [3.63, 3.8) is 0 Å². The maximum atomic E-state index is 11.9. The van der Waals surface area contributed by atoms with Crippen molar-refractivity contribution in [2.24, 2.45) is 13.0 Å². The molecule has 96 valence electrons. The van der Waals surface area contributed by atoms with Gasteiger partial charge in [-0.2, -0.15) is 20.5 Å². The summed E-state index contributed by atoms with van der Waals surface area (Å²) < 4.78 is 1.65. The molecule has 2 aromatic heterocycles. The van der Waals surface area contributed by atoms with Crippen LogP contribution in [0.3, 0.4) is 0 Å². The second kappa shape index (κ2) is 4.94. The molecule has 2 heterocycles. The molecule has 1 unspecified atom stereocenters. The van der Waals surface area contributed by atoms with Crippen LogP contribution in [0.15, 0.2) is 12.5 Å². The van der Waals surface area contributed by atoms with Crippen LogP contribution in [0, 0.1) is 5.92 Å². The lowest BCUT2D eigenvalue weighted by Crippen LogP contribution is -2.33. The highest BCUT2D eigenvalue weighted by Gasteiger charge is 2.23. The van der Waals surface area contributed by atoms with Crippen molar-refractivity contribution >= 4 is 5.91 Å². The van der Waals surface area contributed by atoms with E-state index >= 15 is 0 Å². The van der Waals surface area contributed by atoms with Crippen LogP contribution in [0.5, 0.6) is 0 Å². The maximum absolute atomic E-state index is 11.9. The third-order valence-corrected chi connectivity index (χ3v) is 2.63. The van der Waals surface area contributed by atoms with Crippen molar-refractivity contribution in [3.05, 3.63) is 24.0 Å². The largest absolute Gasteiger partial charge is 0.340 e. The number of nitrogens with one attached hydrogen (secondary N) is 2. The minimum Gasteiger partial charge on any atom is -0.340 e. The average Bonchev–Trinajstić information content (AvgIpc) is 2.96. The van der Waals surface area contributed by atoms with Crippen LogP contribution < -0.4 is 5.32 Å². The Morgan fingerprint density at radius 2 is 2.28 bits per heavy atom. The van der Waals surface area contributed by atoms with Gasteiger partial charge in [0.15, 0.2) is 5.69 Å². The summed E-state index contributed by atoms with van der Waals surface area (Å²) in [5.74, 6) is 0.607. The normalized spacial score (nSPS) is 12.7. The first-order valence-corrected chi connectivity index (χ1v) is 5.60. The number of hydrogen-bond donors (Lipinski definition) is 2. The van der Waals surface area contributed by atoms with Gasteiger partial charge in [0.25, 0.3) is 5.91 Å². The first kappa shape index (κ1) is 12.2. The molecule has 2 aromatic rings. The number of H-pyrrole nitrogens is 1. The molecule has 0 radical (unpaired) electrons. The molecule has 0 saturated carbocycles. The van der Waals surface area contributed by atoms with Gasteiger partial charge in [-0.1, -0.05) is 13.8 Å². The number of rotatable bonds is 4. The van der Waals surface area contributed by atoms with E-state index in [9.17, 15) is 4.79 Å². The Morgan fingerprint density at radius 1 is 1.50 bits per heavy atom. The van der Waals surface area contributed by atoms with Gasteiger partial charge in [0.2, 0.25) is 0 Å². The van der Waals surface area contributed by atoms with Crippen molar-refractivity contribution in [2.45, 2.75) is 19.9 Å². The van der Waals surface area contributed by atoms with E-state index in [4.69, 9.17) is 0 Å². The highest BCUT2D eigenvalue weighted by molar-refractivity contribution is 5.92. The predicted molar refractivity (Wildman–Crippen MR) is 62.4 cm³/mol. The third-order valence-electron chi connectivity index (χ3n) is 2.63. The molecular formula is C10H15N7O. The fraction of sp³-hybridized carbons (Fsp3) is 0.500. The average molecular weight is 249 g/mol. The Bertz CT molecular complexity index is 516. The molecular weight excluding hydrogens is 234 g/mol. The molecule has 0 saturated heterocycles. The zero-order valence-electron chi connectivity index (χ0n) is 10.5. The Balaban J connectivity index is 2.18. The smallest absolute Gasteiger partial charge is 0.274 e. The molecule has 0 bridgehead atoms. The van der Waals surface area contributed by atoms with Gasteiger partial charge in [-0.15, -0.1) is 0 Å². The summed E-state index contributed by atoms with van der Waals surface area (Å²) in [7, 11) is 1.79. The lowest BCUT2D eigenvalue weighted by Gasteiger charge is -2.20. The molecule has 0 aromatic carbocycles. The number of aryl methyl sites for hydroxylation is 1. The van der Waals surface area contributed by atoms with Gasteiger partial charge >= 0.3 is 0 Å². The maximum Gasteiger partial charge on any atom is 0.274 e. The molecule has 0 aliphatic carbocycles. The molecule has 0 aliphatic rings. The van der Waals surface area contributed by atoms with E-state index in [-0.39, 0.29) is 23.6 Å². The number of hydrogen-bond acceptors (Lipinski definition) is 5. The SMILES string of the molecule is CC(C)C(NC(=O)c1cn[nH]n1)c1ncnn1C. The molecule has 18 heavy (non-hydrogen) atoms. The van der Waals surface area contributed by atoms with Gasteiger partial charge in [-0.05, 0) is 5.92 Å². The van der Waals surface area contributed by atoms with E-state index in [1.807, 2.05) is 13.8 Å². The van der Waals surface area contributed by atoms with Crippen LogP contribution in [0.2, 0.25) is 0 Å². The second-order valence-electron chi connectivity index (χ2n) is 4.29. The zero-order valence-corrected chi connectivity index (χ0v) is 10.5. The van der Waals surface area contributed by atoms with Crippen molar-refractivity contribution in [3.8, 4) is 0 Å². The minimum absolute atomic E-state index is 0.184. The van der Waals surface area contributed by atoms with Crippen LogP contribution >= 0.6 is 0 Å². The number of carbonyl (C=O) groups is 1. The summed E-state index contributed by atoms with van der Waals surface area (Å²) in [6.45, 7) is 4.00. The Morgan fingerprint density at radius 3 is 2.78 bits per heavy atom. The van der Waals surface area contributed by atoms with Crippen molar-refractivity contribution in [2.75, 3.05) is 0 Å². The molecule has 2 rings (SSSR count). The van der Waals surface area contributed by atoms with Crippen LogP contribution in [0.1, 0.15) is 36.2 Å². The Labute approximate surface area is 104 Å². The topological polar surface area (TPSA) is 101 Å². The first-order chi connectivity index (χ1) is 8.59. The second-order valence-corrected chi connectivity index (χ2v) is 4.29. The molecule has 1 amide bonds. The summed E-state index contributed by atoms with van der Waals surface area (Å²) in [4.78, 5) is 16.1. The summed E-state index contributed by atoms with van der Waals surface area (Å²) >= 11 is 0. The Kier molecular flexibility index (Phi) is 3.35. The molecule has 8 heteroatoms. The van der Waals surface area contributed by atoms with Crippen molar-refractivity contribution in [1.29, 1.82) is 0 Å². The fourth-order valence-corrected chi connectivity index (χ4v) is 1.64. The van der Waals surface area contributed by atoms with E-state index in [1.165, 1.54) is 12.5 Å². The molecule has 0 spiro atoms. The van der Waals surface area contributed by atoms with Crippen LogP contribution in [0.25, 0.3) is 0 Å². The standard InChI is InChI=1S/C10H15N7O/c1-6(2)8(9-11-5-13-17(9)3)14-10(18)7-4-12-16-15-7/h4-6,8H,1-3H3,(H,14,18)(H,12,15,16). The van der Waals surface area contributed by atoms with Crippen LogP contribution in [0.4, 0.5) is 0 Å². The van der Waals surface area contributed by atoms with E-state index in [2.05, 4.69) is 30.8 Å². The number of nitrogens with zero attached hydrogens (tertiary/aromatic N) is 5. The van der Waals surface area contributed by atoms with E-state index in [0.717, 1.165) is 0 Å². The monoisotopic (exact) mass is 249 g/mol. The van der Waals surface area contributed by atoms with Gasteiger partial charge < -0.3 is 5.32 Å². The summed E-state index contributed by atoms with van der Waals surface area (Å²) in [6, 6.07) is -0.221. The summed E-state index contributed by atoms with van der Waals surface area (Å²) in [5.41, 5.74) is 0.253. The van der Waals surface area contributed by atoms with Crippen molar-refractivity contribution in [1.82, 2.24) is 35.5 Å². The lowest BCUT2D eigenvalue weighted by atomic mass is 10.0. The van der Waals surface area contributed by atoms with Gasteiger partial charge in [-0.3, -0.25) is 9.48 Å². The van der Waals surface area contributed by atoms with Crippen molar-refractivity contribution < 1.29 is 4.79 Å². The number of amides is 1. The third kappa shape index (κ3) is 2.36. The number of carbonyl (C=O) groups excluding carboxylic acids is 1. The minimum atomic E-state index is -0.287. The predicted octanol–water partition coefficient (Wildman–Crippen LogP) is 0.0603. The zero-order chi connectivity index (χ0) is 13.1. The highest BCUT2D eigenvalue weighted by atomic mass is 16.2. The molecule has 2 N–H and O–H groups in total. The van der Waals surface area contributed by atoms with Crippen LogP contribution in [-0.4, -0.2) is 36.1 Å². The fourth-order valence-electron chi connectivity index (χ4n) is 1.64. The molecule has 0 aliphatic heterocycles. The van der Waals surface area contributed by atoms with Crippen LogP contribution in [-0.2, 0) is 7.05 Å². The quantitative estimate of drug-likeness (QED) is 0.797. The van der Waals surface area contributed by atoms with Gasteiger partial charge in [0.05, 0.1) is 12.2 Å². The number of aromatic nitrogens is 6. The summed E-state index contributed by atoms with van der Waals surface area (Å²) in [6.07, 6.45) is 2.84. The molecule has 1 atom stereocenters. The van der Waals surface area contributed by atoms with Gasteiger partial charge in [0, 0.05) is 7.05 Å². The van der Waals surface area contributed by atoms with E-state index in [1.54, 1.807) is 11.7 Å². The number of aromatic amines is 1. The van der Waals surface area contributed by atoms with Gasteiger partial charge in [-0.25, -0.2) is 4.98 Å². The molecule has 0 fully saturated rings. The van der Waals surface area contributed by atoms with E-state index < -0.39 is 0 Å². The van der Waals surface area contributed by atoms with E-state index in [0.29, 0.717) is 5.82 Å². The summed E-state index contributed by atoms with van der Waals surface area (Å²) in [5, 5.41) is 16.6. The Hall–Kier alpha value is -2.25. The lowest BCUT2D eigenvalue weighted by molar-refractivity contribution is 0.0917. The molecule has 8 nitrogen and oxygen atoms in total. The highest BCUT2D eigenvalue weighted by Crippen LogP contribution is 2.19.